The molecule has 0 radical (unpaired) electrons. The number of piperidine rings is 1. The van der Waals surface area contributed by atoms with E-state index in [0.29, 0.717) is 0 Å². The van der Waals surface area contributed by atoms with Crippen molar-refractivity contribution >= 4 is 10.9 Å². The predicted molar refractivity (Wildman–Crippen MR) is 73.8 cm³/mol. The Morgan fingerprint density at radius 3 is 2.94 bits per heavy atom. The van der Waals surface area contributed by atoms with Gasteiger partial charge in [0, 0.05) is 29.7 Å². The molecule has 1 fully saturated rings. The second kappa shape index (κ2) is 3.84. The van der Waals surface area contributed by atoms with Crippen molar-refractivity contribution in [2.24, 2.45) is 0 Å². The molecule has 0 saturated carbocycles. The minimum Gasteiger partial charge on any atom is -0.357 e. The molecule has 94 valence electrons. The van der Waals surface area contributed by atoms with Crippen LogP contribution in [-0.2, 0) is 12.0 Å². The normalized spacial score (nSPS) is 27.6. The van der Waals surface area contributed by atoms with E-state index in [2.05, 4.69) is 39.9 Å². The van der Waals surface area contributed by atoms with Crippen LogP contribution >= 0.6 is 0 Å². The van der Waals surface area contributed by atoms with Crippen molar-refractivity contribution in [3.63, 3.8) is 0 Å². The average Bonchev–Trinajstić information content (AvgIpc) is 2.81. The third kappa shape index (κ3) is 1.38. The number of rotatable bonds is 0. The second-order valence-electron chi connectivity index (χ2n) is 5.56. The first-order valence-corrected chi connectivity index (χ1v) is 6.95. The van der Waals surface area contributed by atoms with Crippen molar-refractivity contribution in [3.8, 4) is 0 Å². The summed E-state index contributed by atoms with van der Waals surface area (Å²) in [5.41, 5.74) is 4.40. The highest BCUT2D eigenvalue weighted by atomic mass is 15.1. The zero-order valence-electron chi connectivity index (χ0n) is 10.6. The van der Waals surface area contributed by atoms with Gasteiger partial charge in [-0.2, -0.15) is 0 Å². The summed E-state index contributed by atoms with van der Waals surface area (Å²) < 4.78 is 0. The maximum Gasteiger partial charge on any atom is 0.0716 e. The molecule has 0 amide bonds. The minimum atomic E-state index is 0.144. The van der Waals surface area contributed by atoms with Crippen molar-refractivity contribution in [1.82, 2.24) is 15.6 Å². The van der Waals surface area contributed by atoms with Gasteiger partial charge < -0.3 is 15.6 Å². The number of aromatic amines is 1. The molecule has 1 aromatic carbocycles. The molecule has 3 nitrogen and oxygen atoms in total. The minimum absolute atomic E-state index is 0.144. The Labute approximate surface area is 107 Å². The summed E-state index contributed by atoms with van der Waals surface area (Å²) in [6.07, 6.45) is 3.63. The fourth-order valence-corrected chi connectivity index (χ4v) is 3.65. The molecular formula is C15H19N3. The monoisotopic (exact) mass is 241 g/mol. The van der Waals surface area contributed by atoms with Gasteiger partial charge >= 0.3 is 0 Å². The van der Waals surface area contributed by atoms with Crippen LogP contribution in [-0.4, -0.2) is 24.6 Å². The Morgan fingerprint density at radius 2 is 2.06 bits per heavy atom. The fourth-order valence-electron chi connectivity index (χ4n) is 3.65. The molecule has 3 heteroatoms. The van der Waals surface area contributed by atoms with Crippen molar-refractivity contribution in [2.45, 2.75) is 24.8 Å². The summed E-state index contributed by atoms with van der Waals surface area (Å²) in [6.45, 7) is 3.29. The summed E-state index contributed by atoms with van der Waals surface area (Å²) in [6, 6.07) is 8.70. The SMILES string of the molecule is c1ccc2c3c([nH]c2c1)C1(CCCNC1)NCC3. The first kappa shape index (κ1) is 10.6. The molecule has 2 aromatic rings. The van der Waals surface area contributed by atoms with Crippen LogP contribution in [0.2, 0.25) is 0 Å². The quantitative estimate of drug-likeness (QED) is 0.659. The van der Waals surface area contributed by atoms with Crippen LogP contribution in [0.4, 0.5) is 0 Å². The van der Waals surface area contributed by atoms with Gasteiger partial charge in [0.05, 0.1) is 5.54 Å². The molecular weight excluding hydrogens is 222 g/mol. The predicted octanol–water partition coefficient (Wildman–Crippen LogP) is 1.89. The van der Waals surface area contributed by atoms with E-state index < -0.39 is 0 Å². The number of hydrogen-bond donors (Lipinski definition) is 3. The lowest BCUT2D eigenvalue weighted by Gasteiger charge is -2.41. The summed E-state index contributed by atoms with van der Waals surface area (Å²) in [7, 11) is 0. The van der Waals surface area contributed by atoms with Crippen LogP contribution < -0.4 is 10.6 Å². The molecule has 4 rings (SSSR count). The summed E-state index contributed by atoms with van der Waals surface area (Å²) in [5, 5.41) is 8.72. The zero-order valence-corrected chi connectivity index (χ0v) is 10.6. The maximum absolute atomic E-state index is 3.76. The van der Waals surface area contributed by atoms with Crippen molar-refractivity contribution in [2.75, 3.05) is 19.6 Å². The van der Waals surface area contributed by atoms with E-state index in [0.717, 1.165) is 26.1 Å². The fraction of sp³-hybridized carbons (Fsp3) is 0.467. The Hall–Kier alpha value is -1.32. The van der Waals surface area contributed by atoms with E-state index in [4.69, 9.17) is 0 Å². The number of para-hydroxylation sites is 1. The summed E-state index contributed by atoms with van der Waals surface area (Å²) in [4.78, 5) is 3.67. The number of aromatic nitrogens is 1. The Morgan fingerprint density at radius 1 is 1.11 bits per heavy atom. The van der Waals surface area contributed by atoms with Crippen LogP contribution in [0.15, 0.2) is 24.3 Å². The van der Waals surface area contributed by atoms with Gasteiger partial charge in [-0.05, 0) is 37.4 Å². The van der Waals surface area contributed by atoms with Crippen molar-refractivity contribution in [3.05, 3.63) is 35.5 Å². The number of benzene rings is 1. The molecule has 2 aliphatic heterocycles. The highest BCUT2D eigenvalue weighted by molar-refractivity contribution is 5.85. The lowest BCUT2D eigenvalue weighted by atomic mass is 9.81. The van der Waals surface area contributed by atoms with Crippen LogP contribution in [0.1, 0.15) is 24.1 Å². The highest BCUT2D eigenvalue weighted by Gasteiger charge is 2.39. The number of fused-ring (bicyclic) bond motifs is 4. The Kier molecular flexibility index (Phi) is 2.26. The van der Waals surface area contributed by atoms with Crippen molar-refractivity contribution in [1.29, 1.82) is 0 Å². The van der Waals surface area contributed by atoms with Gasteiger partial charge in [0.25, 0.3) is 0 Å². The number of nitrogens with one attached hydrogen (secondary N) is 3. The zero-order chi connectivity index (χ0) is 12.0. The molecule has 3 N–H and O–H groups in total. The molecule has 2 aliphatic rings. The molecule has 1 aromatic heterocycles. The smallest absolute Gasteiger partial charge is 0.0716 e. The topological polar surface area (TPSA) is 39.9 Å². The van der Waals surface area contributed by atoms with Crippen LogP contribution in [0.5, 0.6) is 0 Å². The Balaban J connectivity index is 1.93. The molecule has 0 bridgehead atoms. The summed E-state index contributed by atoms with van der Waals surface area (Å²) in [5.74, 6) is 0. The lowest BCUT2D eigenvalue weighted by molar-refractivity contribution is 0.235. The van der Waals surface area contributed by atoms with Crippen molar-refractivity contribution < 1.29 is 0 Å². The maximum atomic E-state index is 3.76. The average molecular weight is 241 g/mol. The van der Waals surface area contributed by atoms with E-state index in [-0.39, 0.29) is 5.54 Å². The first-order valence-electron chi connectivity index (χ1n) is 6.95. The van der Waals surface area contributed by atoms with Crippen LogP contribution in [0, 0.1) is 0 Å². The molecule has 0 aliphatic carbocycles. The summed E-state index contributed by atoms with van der Waals surface area (Å²) >= 11 is 0. The molecule has 1 unspecified atom stereocenters. The van der Waals surface area contributed by atoms with Gasteiger partial charge in [-0.3, -0.25) is 0 Å². The van der Waals surface area contributed by atoms with E-state index in [9.17, 15) is 0 Å². The van der Waals surface area contributed by atoms with Crippen LogP contribution in [0.3, 0.4) is 0 Å². The van der Waals surface area contributed by atoms with Gasteiger partial charge in [-0.25, -0.2) is 0 Å². The molecule has 1 spiro atoms. The third-order valence-corrected chi connectivity index (χ3v) is 4.51. The van der Waals surface area contributed by atoms with E-state index in [1.807, 2.05) is 0 Å². The van der Waals surface area contributed by atoms with E-state index in [1.165, 1.54) is 35.0 Å². The highest BCUT2D eigenvalue weighted by Crippen LogP contribution is 2.37. The lowest BCUT2D eigenvalue weighted by Crippen LogP contribution is -2.56. The van der Waals surface area contributed by atoms with Gasteiger partial charge in [-0.1, -0.05) is 18.2 Å². The van der Waals surface area contributed by atoms with Gasteiger partial charge in [0.2, 0.25) is 0 Å². The third-order valence-electron chi connectivity index (χ3n) is 4.51. The van der Waals surface area contributed by atoms with Gasteiger partial charge in [0.15, 0.2) is 0 Å². The Bertz CT molecular complexity index is 578. The number of hydrogen-bond acceptors (Lipinski definition) is 2. The molecule has 18 heavy (non-hydrogen) atoms. The first-order chi connectivity index (χ1) is 8.89. The number of H-pyrrole nitrogens is 1. The van der Waals surface area contributed by atoms with Gasteiger partial charge in [-0.15, -0.1) is 0 Å². The van der Waals surface area contributed by atoms with Crippen LogP contribution in [0.25, 0.3) is 10.9 Å². The molecule has 1 atom stereocenters. The standard InChI is InChI=1S/C15H19N3/c1-2-5-13-11(4-1)12-6-9-17-15(14(12)18-13)7-3-8-16-10-15/h1-2,4-5,16-18H,3,6-10H2. The second-order valence-corrected chi connectivity index (χ2v) is 5.56. The van der Waals surface area contributed by atoms with Gasteiger partial charge in [0.1, 0.15) is 0 Å². The van der Waals surface area contributed by atoms with E-state index in [1.54, 1.807) is 0 Å². The largest absolute Gasteiger partial charge is 0.357 e. The molecule has 3 heterocycles. The molecule has 1 saturated heterocycles. The van der Waals surface area contributed by atoms with E-state index >= 15 is 0 Å².